The van der Waals surface area contributed by atoms with Gasteiger partial charge in [0, 0.05) is 44.4 Å². The lowest BCUT2D eigenvalue weighted by atomic mass is 9.95. The van der Waals surface area contributed by atoms with Crippen molar-refractivity contribution in [2.24, 2.45) is 17.8 Å². The van der Waals surface area contributed by atoms with Gasteiger partial charge in [-0.1, -0.05) is 6.07 Å². The van der Waals surface area contributed by atoms with Crippen LogP contribution in [-0.4, -0.2) is 52.9 Å². The van der Waals surface area contributed by atoms with E-state index in [1.807, 2.05) is 26.1 Å². The second kappa shape index (κ2) is 7.92. The Hall–Kier alpha value is -2.00. The van der Waals surface area contributed by atoms with Crippen LogP contribution in [0, 0.1) is 24.7 Å². The fourth-order valence-corrected chi connectivity index (χ4v) is 5.48. The van der Waals surface area contributed by atoms with E-state index in [0.29, 0.717) is 23.9 Å². The van der Waals surface area contributed by atoms with Gasteiger partial charge in [-0.3, -0.25) is 9.69 Å². The third kappa shape index (κ3) is 3.41. The molecule has 1 saturated heterocycles. The zero-order valence-corrected chi connectivity index (χ0v) is 18.4. The maximum absolute atomic E-state index is 12.7. The number of aromatic nitrogens is 1. The van der Waals surface area contributed by atoms with Gasteiger partial charge in [-0.05, 0) is 53.6 Å². The van der Waals surface area contributed by atoms with Crippen LogP contribution < -0.4 is 4.90 Å². The van der Waals surface area contributed by atoms with Crippen molar-refractivity contribution in [3.63, 3.8) is 0 Å². The summed E-state index contributed by atoms with van der Waals surface area (Å²) < 4.78 is 9.17. The maximum Gasteiger partial charge on any atom is 0.338 e. The smallest absolute Gasteiger partial charge is 0.338 e. The number of ether oxygens (including phenoxy) is 1. The average molecular weight is 450 g/mol. The van der Waals surface area contributed by atoms with Crippen molar-refractivity contribution in [2.45, 2.75) is 19.6 Å². The minimum atomic E-state index is -0.623. The Morgan fingerprint density at radius 2 is 2.10 bits per heavy atom. The van der Waals surface area contributed by atoms with Crippen LogP contribution in [-0.2, 0) is 16.1 Å². The number of anilines is 1. The number of carbonyl (C=O) groups excluding carboxylic acids is 2. The van der Waals surface area contributed by atoms with Crippen molar-refractivity contribution in [3.05, 3.63) is 46.6 Å². The number of fused-ring (bicyclic) bond motifs is 2. The molecule has 1 saturated carbocycles. The van der Waals surface area contributed by atoms with Gasteiger partial charge in [0.05, 0.1) is 11.7 Å². The van der Waals surface area contributed by atoms with E-state index in [4.69, 9.17) is 4.74 Å². The summed E-state index contributed by atoms with van der Waals surface area (Å²) in [6.07, 6.45) is 1.09. The number of aliphatic hydroxyl groups excluding tert-OH is 1. The largest absolute Gasteiger partial charge is 0.457 e. The Bertz CT molecular complexity index is 971. The molecule has 1 aromatic carbocycles. The summed E-state index contributed by atoms with van der Waals surface area (Å²) in [6.45, 7) is 4.42. The number of aliphatic hydroxyl groups is 1. The molecule has 160 valence electrons. The lowest BCUT2D eigenvalue weighted by Gasteiger charge is -2.25. The molecular weight excluding hydrogens is 426 g/mol. The van der Waals surface area contributed by atoms with Crippen molar-refractivity contribution in [2.75, 3.05) is 31.6 Å². The zero-order chi connectivity index (χ0) is 20.3. The highest BCUT2D eigenvalue weighted by atomic mass is 35.5. The number of amides is 1. The van der Waals surface area contributed by atoms with E-state index in [1.165, 1.54) is 11.5 Å². The number of nitrogens with zero attached hydrogens (tertiary/aromatic N) is 3. The van der Waals surface area contributed by atoms with Crippen LogP contribution in [0.15, 0.2) is 24.4 Å². The summed E-state index contributed by atoms with van der Waals surface area (Å²) in [5.74, 6) is 0.709. The summed E-state index contributed by atoms with van der Waals surface area (Å²) in [5, 5.41) is 11.7. The van der Waals surface area contributed by atoms with Gasteiger partial charge in [0.25, 0.3) is 0 Å². The van der Waals surface area contributed by atoms with E-state index >= 15 is 0 Å². The SMILES string of the molecule is Cc1c([C@@H](O)CN2CC3C(C2)C3C(=O)N(C)c2ccns2)ccc2c1COC2=O.Cl. The van der Waals surface area contributed by atoms with Crippen molar-refractivity contribution in [1.82, 2.24) is 9.27 Å². The van der Waals surface area contributed by atoms with Gasteiger partial charge >= 0.3 is 5.97 Å². The monoisotopic (exact) mass is 449 g/mol. The number of rotatable bonds is 5. The number of β-amino-alcohol motifs (C(OH)–C–C–N with tert-alkyl or cyclic N) is 1. The molecule has 2 aromatic rings. The standard InChI is InChI=1S/C21H23N3O4S.ClH/c1-11-12(3-4-13-16(11)10-28-21(13)27)17(25)9-24-7-14-15(8-24)19(14)20(26)23(2)18-5-6-22-29-18;/h3-6,14-15,17,19,25H,7-10H2,1-2H3;1H/t14?,15?,17-,19?;/m0./s1. The quantitative estimate of drug-likeness (QED) is 0.706. The molecule has 5 rings (SSSR count). The van der Waals surface area contributed by atoms with Crippen molar-refractivity contribution < 1.29 is 19.4 Å². The highest BCUT2D eigenvalue weighted by Crippen LogP contribution is 2.53. The number of hydrogen-bond donors (Lipinski definition) is 1. The van der Waals surface area contributed by atoms with Crippen LogP contribution in [0.5, 0.6) is 0 Å². The zero-order valence-electron chi connectivity index (χ0n) is 16.8. The number of benzene rings is 1. The van der Waals surface area contributed by atoms with Gasteiger partial charge in [-0.25, -0.2) is 4.79 Å². The lowest BCUT2D eigenvalue weighted by Crippen LogP contribution is -2.34. The fourth-order valence-electron chi connectivity index (χ4n) is 4.91. The van der Waals surface area contributed by atoms with Crippen LogP contribution in [0.3, 0.4) is 0 Å². The molecule has 1 N–H and O–H groups in total. The van der Waals surface area contributed by atoms with E-state index in [-0.39, 0.29) is 36.8 Å². The van der Waals surface area contributed by atoms with Crippen molar-refractivity contribution in [3.8, 4) is 0 Å². The third-order valence-electron chi connectivity index (χ3n) is 6.64. The van der Waals surface area contributed by atoms with E-state index in [0.717, 1.165) is 34.8 Å². The summed E-state index contributed by atoms with van der Waals surface area (Å²) in [4.78, 5) is 28.4. The molecule has 0 spiro atoms. The summed E-state index contributed by atoms with van der Waals surface area (Å²) in [7, 11) is 1.82. The average Bonchev–Trinajstić information content (AvgIpc) is 3.18. The van der Waals surface area contributed by atoms with Crippen LogP contribution in [0.2, 0.25) is 0 Å². The first-order valence-corrected chi connectivity index (χ1v) is 10.6. The number of halogens is 1. The summed E-state index contributed by atoms with van der Waals surface area (Å²) in [6, 6.07) is 5.45. The highest BCUT2D eigenvalue weighted by Gasteiger charge is 2.60. The molecule has 3 heterocycles. The Morgan fingerprint density at radius 1 is 1.37 bits per heavy atom. The predicted molar refractivity (Wildman–Crippen MR) is 115 cm³/mol. The molecule has 3 atom stereocenters. The lowest BCUT2D eigenvalue weighted by molar-refractivity contribution is -0.120. The Labute approximate surface area is 185 Å². The summed E-state index contributed by atoms with van der Waals surface area (Å²) in [5.41, 5.74) is 3.27. The molecule has 1 aromatic heterocycles. The number of piperidine rings is 1. The van der Waals surface area contributed by atoms with Crippen LogP contribution >= 0.6 is 23.9 Å². The molecule has 7 nitrogen and oxygen atoms in total. The molecular formula is C21H24ClN3O4S. The number of esters is 1. The molecule has 2 unspecified atom stereocenters. The van der Waals surface area contributed by atoms with Gasteiger partial charge in [-0.2, -0.15) is 4.37 Å². The maximum atomic E-state index is 12.7. The first kappa shape index (κ1) is 21.2. The topological polar surface area (TPSA) is 83.0 Å². The van der Waals surface area contributed by atoms with Crippen molar-refractivity contribution in [1.29, 1.82) is 0 Å². The van der Waals surface area contributed by atoms with Crippen LogP contribution in [0.25, 0.3) is 0 Å². The van der Waals surface area contributed by atoms with Crippen LogP contribution in [0.4, 0.5) is 5.00 Å². The second-order valence-electron chi connectivity index (χ2n) is 8.22. The van der Waals surface area contributed by atoms with Gasteiger partial charge in [0.15, 0.2) is 0 Å². The number of carbonyl (C=O) groups is 2. The molecule has 3 aliphatic rings. The van der Waals surface area contributed by atoms with Gasteiger partial charge in [0.2, 0.25) is 5.91 Å². The minimum absolute atomic E-state index is 0. The van der Waals surface area contributed by atoms with Gasteiger partial charge in [0.1, 0.15) is 11.6 Å². The van der Waals surface area contributed by atoms with Gasteiger partial charge in [-0.15, -0.1) is 12.4 Å². The molecule has 0 radical (unpaired) electrons. The van der Waals surface area contributed by atoms with Crippen LogP contribution in [0.1, 0.15) is 33.2 Å². The van der Waals surface area contributed by atoms with Gasteiger partial charge < -0.3 is 14.7 Å². The minimum Gasteiger partial charge on any atom is -0.457 e. The molecule has 2 fully saturated rings. The Balaban J connectivity index is 0.00000218. The van der Waals surface area contributed by atoms with E-state index in [1.54, 1.807) is 17.2 Å². The predicted octanol–water partition coefficient (Wildman–Crippen LogP) is 2.42. The first-order chi connectivity index (χ1) is 14.0. The first-order valence-electron chi connectivity index (χ1n) is 9.84. The molecule has 9 heteroatoms. The number of hydrogen-bond acceptors (Lipinski definition) is 7. The number of likely N-dealkylation sites (tertiary alicyclic amines) is 1. The van der Waals surface area contributed by atoms with Crippen molar-refractivity contribution >= 4 is 40.8 Å². The Morgan fingerprint density at radius 3 is 2.77 bits per heavy atom. The second-order valence-corrected chi connectivity index (χ2v) is 9.03. The van der Waals surface area contributed by atoms with E-state index < -0.39 is 6.10 Å². The third-order valence-corrected chi connectivity index (χ3v) is 7.46. The van der Waals surface area contributed by atoms with E-state index in [2.05, 4.69) is 9.27 Å². The van der Waals surface area contributed by atoms with E-state index in [9.17, 15) is 14.7 Å². The molecule has 1 aliphatic carbocycles. The molecule has 0 bridgehead atoms. The fraction of sp³-hybridized carbons (Fsp3) is 0.476. The molecule has 2 aliphatic heterocycles. The molecule has 1 amide bonds. The summed E-state index contributed by atoms with van der Waals surface area (Å²) >= 11 is 1.33. The normalized spacial score (nSPS) is 25.2. The molecule has 30 heavy (non-hydrogen) atoms. The highest BCUT2D eigenvalue weighted by molar-refractivity contribution is 7.10. The number of cyclic esters (lactones) is 1. The Kier molecular flexibility index (Phi) is 5.61.